The van der Waals surface area contributed by atoms with Crippen LogP contribution < -0.4 is 0 Å². The minimum Gasteiger partial charge on any atom is -0.463 e. The molecule has 3 heterocycles. The van der Waals surface area contributed by atoms with Crippen molar-refractivity contribution in [3.63, 3.8) is 0 Å². The number of hydrogen-bond donors (Lipinski definition) is 0. The van der Waals surface area contributed by atoms with Crippen molar-refractivity contribution in [3.8, 4) is 17.4 Å². The molecular weight excluding hydrogens is 420 g/mol. The van der Waals surface area contributed by atoms with Crippen molar-refractivity contribution in [2.75, 3.05) is 7.11 Å². The molecule has 4 rings (SSSR count). The standard InChI is InChI=1S/C22H14N2O6S/c1-28-21(26)18-9-7-15(30-18)12-24-20(25)19(31-22(24)27)10-14-6-8-17(29-14)16-5-3-2-4-13(16)11-23/h2-10H,12H2,1H3/b19-10+. The van der Waals surface area contributed by atoms with Crippen LogP contribution in [-0.4, -0.2) is 29.1 Å². The molecule has 0 unspecified atom stereocenters. The monoisotopic (exact) mass is 434 g/mol. The smallest absolute Gasteiger partial charge is 0.373 e. The van der Waals surface area contributed by atoms with Gasteiger partial charge in [0.2, 0.25) is 5.76 Å². The quantitative estimate of drug-likeness (QED) is 0.428. The summed E-state index contributed by atoms with van der Waals surface area (Å²) in [6.07, 6.45) is 1.48. The predicted molar refractivity (Wildman–Crippen MR) is 110 cm³/mol. The van der Waals surface area contributed by atoms with Crippen LogP contribution in [0.15, 0.2) is 62.3 Å². The van der Waals surface area contributed by atoms with Gasteiger partial charge in [0, 0.05) is 11.6 Å². The molecule has 0 radical (unpaired) electrons. The molecule has 31 heavy (non-hydrogen) atoms. The molecule has 0 spiro atoms. The number of thioether (sulfide) groups is 1. The third kappa shape index (κ3) is 4.01. The molecule has 1 saturated heterocycles. The molecule has 2 aromatic heterocycles. The van der Waals surface area contributed by atoms with Crippen LogP contribution in [0.3, 0.4) is 0 Å². The van der Waals surface area contributed by atoms with E-state index in [0.717, 1.165) is 16.7 Å². The summed E-state index contributed by atoms with van der Waals surface area (Å²) in [4.78, 5) is 37.7. The lowest BCUT2D eigenvalue weighted by Crippen LogP contribution is -2.27. The summed E-state index contributed by atoms with van der Waals surface area (Å²) in [5.41, 5.74) is 1.10. The zero-order valence-electron chi connectivity index (χ0n) is 16.2. The van der Waals surface area contributed by atoms with Crippen LogP contribution in [0.1, 0.15) is 27.6 Å². The van der Waals surface area contributed by atoms with Crippen molar-refractivity contribution in [1.29, 1.82) is 5.26 Å². The van der Waals surface area contributed by atoms with E-state index in [1.54, 1.807) is 36.4 Å². The Hall–Kier alpha value is -4.03. The van der Waals surface area contributed by atoms with Gasteiger partial charge in [0.25, 0.3) is 11.1 Å². The van der Waals surface area contributed by atoms with Crippen molar-refractivity contribution in [1.82, 2.24) is 4.90 Å². The number of carbonyl (C=O) groups excluding carboxylic acids is 3. The van der Waals surface area contributed by atoms with Gasteiger partial charge in [0.1, 0.15) is 17.3 Å². The third-order valence-corrected chi connectivity index (χ3v) is 5.36. The van der Waals surface area contributed by atoms with E-state index in [1.807, 2.05) is 0 Å². The highest BCUT2D eigenvalue weighted by atomic mass is 32.2. The van der Waals surface area contributed by atoms with E-state index >= 15 is 0 Å². The van der Waals surface area contributed by atoms with Crippen LogP contribution in [0, 0.1) is 11.3 Å². The van der Waals surface area contributed by atoms with Gasteiger partial charge in [0.15, 0.2) is 0 Å². The topological polar surface area (TPSA) is 114 Å². The second-order valence-corrected chi connectivity index (χ2v) is 7.38. The highest BCUT2D eigenvalue weighted by Gasteiger charge is 2.36. The average molecular weight is 434 g/mol. The van der Waals surface area contributed by atoms with E-state index in [-0.39, 0.29) is 23.0 Å². The molecule has 3 aromatic rings. The molecular formula is C22H14N2O6S. The highest BCUT2D eigenvalue weighted by Crippen LogP contribution is 2.34. The number of methoxy groups -OCH3 is 1. The molecule has 1 aromatic carbocycles. The molecule has 0 bridgehead atoms. The Kier molecular flexibility index (Phi) is 5.47. The van der Waals surface area contributed by atoms with Gasteiger partial charge >= 0.3 is 5.97 Å². The number of carbonyl (C=O) groups is 3. The molecule has 0 saturated carbocycles. The predicted octanol–water partition coefficient (Wildman–Crippen LogP) is 4.43. The summed E-state index contributed by atoms with van der Waals surface area (Å²) in [6.45, 7) is -0.113. The van der Waals surface area contributed by atoms with Crippen LogP contribution in [0.5, 0.6) is 0 Å². The van der Waals surface area contributed by atoms with Gasteiger partial charge in [-0.15, -0.1) is 0 Å². The summed E-state index contributed by atoms with van der Waals surface area (Å²) >= 11 is 0.779. The Labute approximate surface area is 180 Å². The van der Waals surface area contributed by atoms with Gasteiger partial charge in [-0.3, -0.25) is 14.5 Å². The van der Waals surface area contributed by atoms with Crippen LogP contribution in [0.2, 0.25) is 0 Å². The van der Waals surface area contributed by atoms with Crippen molar-refractivity contribution in [2.24, 2.45) is 0 Å². The fourth-order valence-corrected chi connectivity index (χ4v) is 3.78. The Balaban J connectivity index is 1.53. The number of benzene rings is 1. The van der Waals surface area contributed by atoms with Gasteiger partial charge in [-0.1, -0.05) is 12.1 Å². The van der Waals surface area contributed by atoms with E-state index < -0.39 is 17.1 Å². The zero-order chi connectivity index (χ0) is 22.0. The van der Waals surface area contributed by atoms with Gasteiger partial charge in [-0.2, -0.15) is 5.26 Å². The molecule has 9 heteroatoms. The van der Waals surface area contributed by atoms with E-state index in [1.165, 1.54) is 25.3 Å². The molecule has 0 N–H and O–H groups in total. The van der Waals surface area contributed by atoms with Gasteiger partial charge < -0.3 is 13.6 Å². The van der Waals surface area contributed by atoms with Gasteiger partial charge in [0.05, 0.1) is 30.2 Å². The number of nitriles is 1. The summed E-state index contributed by atoms with van der Waals surface area (Å²) in [6, 6.07) is 15.4. The van der Waals surface area contributed by atoms with E-state index in [2.05, 4.69) is 10.8 Å². The molecule has 1 aliphatic rings. The highest BCUT2D eigenvalue weighted by molar-refractivity contribution is 8.18. The lowest BCUT2D eigenvalue weighted by molar-refractivity contribution is -0.123. The first-order chi connectivity index (χ1) is 15.0. The lowest BCUT2D eigenvalue weighted by Gasteiger charge is -2.09. The second-order valence-electron chi connectivity index (χ2n) is 6.38. The number of furan rings is 2. The Bertz CT molecular complexity index is 1260. The third-order valence-electron chi connectivity index (χ3n) is 4.45. The van der Waals surface area contributed by atoms with Crippen LogP contribution in [0.4, 0.5) is 4.79 Å². The van der Waals surface area contributed by atoms with Gasteiger partial charge in [-0.05, 0) is 48.2 Å². The normalized spacial score (nSPS) is 14.8. The van der Waals surface area contributed by atoms with E-state index in [9.17, 15) is 19.6 Å². The maximum Gasteiger partial charge on any atom is 0.373 e. The summed E-state index contributed by atoms with van der Waals surface area (Å²) in [7, 11) is 1.23. The van der Waals surface area contributed by atoms with Gasteiger partial charge in [-0.25, -0.2) is 4.79 Å². The maximum atomic E-state index is 12.7. The number of hydrogen-bond acceptors (Lipinski definition) is 8. The first-order valence-electron chi connectivity index (χ1n) is 9.02. The number of imide groups is 1. The second kappa shape index (κ2) is 8.38. The van der Waals surface area contributed by atoms with E-state index in [0.29, 0.717) is 22.6 Å². The number of nitrogens with zero attached hydrogens (tertiary/aromatic N) is 2. The first kappa shape index (κ1) is 20.3. The molecule has 1 aliphatic heterocycles. The van der Waals surface area contributed by atoms with Crippen LogP contribution in [-0.2, 0) is 16.1 Å². The Morgan fingerprint density at radius 1 is 1.16 bits per heavy atom. The molecule has 0 atom stereocenters. The van der Waals surface area contributed by atoms with Crippen molar-refractivity contribution in [3.05, 3.63) is 76.3 Å². The summed E-state index contributed by atoms with van der Waals surface area (Å²) in [5, 5.41) is 8.78. The molecule has 8 nitrogen and oxygen atoms in total. The largest absolute Gasteiger partial charge is 0.463 e. The molecule has 1 fully saturated rings. The zero-order valence-corrected chi connectivity index (χ0v) is 17.0. The van der Waals surface area contributed by atoms with E-state index in [4.69, 9.17) is 8.83 Å². The SMILES string of the molecule is COC(=O)c1ccc(CN2C(=O)S/C(=C/c3ccc(-c4ccccc4C#N)o3)C2=O)o1. The minimum absolute atomic E-state index is 0.0132. The Morgan fingerprint density at radius 2 is 1.97 bits per heavy atom. The number of esters is 1. The lowest BCUT2D eigenvalue weighted by atomic mass is 10.1. The maximum absolute atomic E-state index is 12.7. The van der Waals surface area contributed by atoms with Crippen LogP contribution in [0.25, 0.3) is 17.4 Å². The number of ether oxygens (including phenoxy) is 1. The first-order valence-corrected chi connectivity index (χ1v) is 9.83. The molecule has 2 amide bonds. The number of rotatable bonds is 5. The average Bonchev–Trinajstić information content (AvgIpc) is 3.50. The fourth-order valence-electron chi connectivity index (χ4n) is 2.97. The van der Waals surface area contributed by atoms with Crippen molar-refractivity contribution < 1.29 is 28.0 Å². The molecule has 0 aliphatic carbocycles. The van der Waals surface area contributed by atoms with Crippen molar-refractivity contribution in [2.45, 2.75) is 6.54 Å². The fraction of sp³-hybridized carbons (Fsp3) is 0.0909. The minimum atomic E-state index is -0.646. The van der Waals surface area contributed by atoms with Crippen molar-refractivity contribution >= 4 is 35.0 Å². The number of amides is 2. The van der Waals surface area contributed by atoms with Crippen LogP contribution >= 0.6 is 11.8 Å². The Morgan fingerprint density at radius 3 is 2.74 bits per heavy atom. The molecule has 154 valence electrons. The summed E-state index contributed by atoms with van der Waals surface area (Å²) < 4.78 is 15.7. The summed E-state index contributed by atoms with van der Waals surface area (Å²) in [5.74, 6) is -0.0285.